The van der Waals surface area contributed by atoms with Gasteiger partial charge in [0.25, 0.3) is 11.8 Å². The Morgan fingerprint density at radius 1 is 0.741 bits per heavy atom. The van der Waals surface area contributed by atoms with Gasteiger partial charge in [0.15, 0.2) is 0 Å². The molecule has 0 bridgehead atoms. The van der Waals surface area contributed by atoms with E-state index in [1.165, 1.54) is 0 Å². The minimum absolute atomic E-state index is 0. The van der Waals surface area contributed by atoms with Crippen molar-refractivity contribution in [2.24, 2.45) is 0 Å². The van der Waals surface area contributed by atoms with Crippen molar-refractivity contribution in [3.8, 4) is 5.75 Å². The third-order valence-corrected chi connectivity index (χ3v) is 6.48. The molecule has 0 fully saturated rings. The van der Waals surface area contributed by atoms with Crippen molar-refractivity contribution in [2.45, 2.75) is 12.1 Å². The fourth-order valence-electron chi connectivity index (χ4n) is 1.86. The fourth-order valence-corrected chi connectivity index (χ4v) is 6.01. The molecule has 2 amide bonds. The van der Waals surface area contributed by atoms with Crippen LogP contribution in [0.2, 0.25) is 0 Å². The van der Waals surface area contributed by atoms with Gasteiger partial charge in [-0.05, 0) is 67.8 Å². The molecule has 0 unspecified atom stereocenters. The predicted molar refractivity (Wildman–Crippen MR) is 124 cm³/mol. The molecule has 0 heterocycles. The van der Waals surface area contributed by atoms with Crippen molar-refractivity contribution in [3.63, 3.8) is 0 Å². The molecule has 0 aliphatic heterocycles. The van der Waals surface area contributed by atoms with Crippen LogP contribution in [0.15, 0.2) is 0 Å². The van der Waals surface area contributed by atoms with Crippen molar-refractivity contribution in [3.05, 3.63) is 21.8 Å². The number of carbonyl (C=O) groups is 2. The Morgan fingerprint density at radius 2 is 1.04 bits per heavy atom. The summed E-state index contributed by atoms with van der Waals surface area (Å²) in [4.78, 5) is 25.0. The number of aromatic hydroxyl groups is 1. The zero-order chi connectivity index (χ0) is 20.0. The number of hydrogen-bond donors (Lipinski definition) is 7. The van der Waals surface area contributed by atoms with Gasteiger partial charge in [-0.1, -0.05) is 0 Å². The van der Waals surface area contributed by atoms with Crippen LogP contribution in [0.5, 0.6) is 5.75 Å². The van der Waals surface area contributed by atoms with Gasteiger partial charge in [0, 0.05) is 3.57 Å². The number of carbonyl (C=O) groups excluding carboxylic acids is 2. The van der Waals surface area contributed by atoms with E-state index in [-0.39, 0.29) is 57.1 Å². The third kappa shape index (κ3) is 7.02. The fraction of sp³-hybridized carbons (Fsp3) is 0.429. The van der Waals surface area contributed by atoms with Crippen molar-refractivity contribution >= 4 is 109 Å². The van der Waals surface area contributed by atoms with Crippen LogP contribution < -0.4 is 10.6 Å². The van der Waals surface area contributed by atoms with E-state index in [1.54, 1.807) is 67.8 Å². The number of phenols is 1. The molecular weight excluding hydrogens is 712 g/mol. The first kappa shape index (κ1) is 28.0. The second kappa shape index (κ2) is 13.3. The maximum atomic E-state index is 12.5. The molecule has 0 aliphatic rings. The zero-order valence-corrected chi connectivity index (χ0v) is 19.6. The van der Waals surface area contributed by atoms with Gasteiger partial charge in [-0.15, -0.1) is 0 Å². The van der Waals surface area contributed by atoms with Crippen LogP contribution in [0.4, 0.5) is 0 Å². The molecule has 0 aromatic heterocycles. The van der Waals surface area contributed by atoms with E-state index in [1.807, 2.05) is 0 Å². The molecular formula is C14H18I3N2NaO7. The first-order valence-corrected chi connectivity index (χ1v) is 10.4. The molecule has 1 aromatic carbocycles. The average Bonchev–Trinajstić information content (AvgIpc) is 2.62. The molecule has 27 heavy (non-hydrogen) atoms. The van der Waals surface area contributed by atoms with Gasteiger partial charge >= 0.3 is 29.6 Å². The van der Waals surface area contributed by atoms with E-state index in [2.05, 4.69) is 10.6 Å². The van der Waals surface area contributed by atoms with Crippen LogP contribution in [-0.4, -0.2) is 105 Å². The normalized spacial score (nSPS) is 10.7. The van der Waals surface area contributed by atoms with E-state index in [0.29, 0.717) is 0 Å². The Hall–Kier alpha value is 0.990. The number of hydrogen-bond acceptors (Lipinski definition) is 7. The number of rotatable bonds is 8. The number of halogens is 3. The summed E-state index contributed by atoms with van der Waals surface area (Å²) in [5.74, 6) is -1.61. The van der Waals surface area contributed by atoms with Crippen LogP contribution >= 0.6 is 67.8 Å². The summed E-state index contributed by atoms with van der Waals surface area (Å²) in [6.07, 6.45) is 0. The molecule has 0 radical (unpaired) electrons. The van der Waals surface area contributed by atoms with Gasteiger partial charge in [0.05, 0.1) is 56.8 Å². The Balaban J connectivity index is 0.00000676. The van der Waals surface area contributed by atoms with Gasteiger partial charge in [0.2, 0.25) is 0 Å². The van der Waals surface area contributed by atoms with Crippen molar-refractivity contribution in [2.75, 3.05) is 26.4 Å². The summed E-state index contributed by atoms with van der Waals surface area (Å²) in [5, 5.41) is 51.6. The van der Waals surface area contributed by atoms with Crippen LogP contribution in [0.1, 0.15) is 20.7 Å². The van der Waals surface area contributed by atoms with Crippen molar-refractivity contribution in [1.82, 2.24) is 10.6 Å². The minimum atomic E-state index is -0.888. The predicted octanol–water partition coefficient (Wildman–Crippen LogP) is -1.28. The van der Waals surface area contributed by atoms with Crippen LogP contribution in [-0.2, 0) is 0 Å². The monoisotopic (exact) mass is 730 g/mol. The number of aliphatic hydroxyl groups is 4. The van der Waals surface area contributed by atoms with Gasteiger partial charge in [-0.3, -0.25) is 9.59 Å². The van der Waals surface area contributed by atoms with Crippen LogP contribution in [0.3, 0.4) is 0 Å². The average molecular weight is 730 g/mol. The summed E-state index contributed by atoms with van der Waals surface area (Å²) >= 11 is 5.32. The second-order valence-electron chi connectivity index (χ2n) is 5.11. The van der Waals surface area contributed by atoms with E-state index >= 15 is 0 Å². The molecule has 13 heteroatoms. The quantitative estimate of drug-likeness (QED) is 0.130. The molecule has 0 saturated heterocycles. The Morgan fingerprint density at radius 3 is 1.30 bits per heavy atom. The number of aliphatic hydroxyl groups excluding tert-OH is 4. The number of phenolic OH excluding ortho intramolecular Hbond substituents is 1. The van der Waals surface area contributed by atoms with Gasteiger partial charge in [-0.2, -0.15) is 0 Å². The summed E-state index contributed by atoms with van der Waals surface area (Å²) in [6, 6.07) is -1.78. The number of amides is 2. The van der Waals surface area contributed by atoms with E-state index in [9.17, 15) is 14.7 Å². The SMILES string of the molecule is O=C(NC(CO)CO)c1c(I)c(O)c(I)c(C(=O)NC(CO)CO)c1I.[NaH]. The Labute approximate surface area is 218 Å². The molecule has 1 rings (SSSR count). The molecule has 0 aliphatic carbocycles. The zero-order valence-electron chi connectivity index (χ0n) is 13.2. The van der Waals surface area contributed by atoms with E-state index < -0.39 is 50.3 Å². The second-order valence-corrected chi connectivity index (χ2v) is 8.35. The molecule has 148 valence electrons. The van der Waals surface area contributed by atoms with Crippen molar-refractivity contribution < 1.29 is 35.1 Å². The molecule has 1 aromatic rings. The molecule has 7 N–H and O–H groups in total. The number of benzene rings is 1. The third-order valence-electron chi connectivity index (χ3n) is 3.30. The van der Waals surface area contributed by atoms with Gasteiger partial charge < -0.3 is 36.2 Å². The van der Waals surface area contributed by atoms with Crippen LogP contribution in [0.25, 0.3) is 0 Å². The Bertz CT molecular complexity index is 632. The number of nitrogens with one attached hydrogen (secondary N) is 2. The topological polar surface area (TPSA) is 159 Å². The molecule has 0 spiro atoms. The summed E-state index contributed by atoms with van der Waals surface area (Å²) in [7, 11) is 0. The van der Waals surface area contributed by atoms with E-state index in [0.717, 1.165) is 0 Å². The van der Waals surface area contributed by atoms with Crippen LogP contribution in [0, 0.1) is 10.7 Å². The molecule has 9 nitrogen and oxygen atoms in total. The summed E-state index contributed by atoms with van der Waals surface area (Å²) < 4.78 is 0.662. The molecule has 0 atom stereocenters. The van der Waals surface area contributed by atoms with Gasteiger partial charge in [0.1, 0.15) is 5.75 Å². The standard InChI is InChI=1S/C14H17I3N2O7.Na.H/c15-9-7(13(25)18-5(1-20)2-21)10(16)12(24)11(17)8(9)14(26)19-6(3-22)4-23;;/h5-6,20-24H,1-4H2,(H,18,25)(H,19,26);;. The summed E-state index contributed by atoms with van der Waals surface area (Å²) in [5.41, 5.74) is 0.0384. The maximum absolute atomic E-state index is 12.5. The van der Waals surface area contributed by atoms with Gasteiger partial charge in [-0.25, -0.2) is 0 Å². The first-order chi connectivity index (χ1) is 12.2. The van der Waals surface area contributed by atoms with Crippen molar-refractivity contribution in [1.29, 1.82) is 0 Å². The summed E-state index contributed by atoms with van der Waals surface area (Å²) in [6.45, 7) is -1.91. The van der Waals surface area contributed by atoms with E-state index in [4.69, 9.17) is 20.4 Å². The molecule has 0 saturated carbocycles. The first-order valence-electron chi connectivity index (χ1n) is 7.17. The Kier molecular flexibility index (Phi) is 13.8.